The second-order valence-electron chi connectivity index (χ2n) is 7.19. The molecule has 0 atom stereocenters. The number of morpholine rings is 1. The number of benzene rings is 2. The predicted octanol–water partition coefficient (Wildman–Crippen LogP) is 2.55. The van der Waals surface area contributed by atoms with Gasteiger partial charge in [0.05, 0.1) is 18.1 Å². The van der Waals surface area contributed by atoms with Crippen molar-refractivity contribution in [2.75, 3.05) is 32.8 Å². The number of carbonyl (C=O) groups is 1. The van der Waals surface area contributed by atoms with E-state index in [1.807, 2.05) is 32.0 Å². The number of carbonyl (C=O) groups excluding carboxylic acids is 1. The SMILES string of the molecule is CCc1ccc(C(=O)NCCc2cccc(C)c2)cc1S(=O)(=O)N1CCOCC1. The topological polar surface area (TPSA) is 75.7 Å². The molecule has 1 N–H and O–H groups in total. The molecular weight excluding hydrogens is 388 g/mol. The fourth-order valence-corrected chi connectivity index (χ4v) is 5.17. The summed E-state index contributed by atoms with van der Waals surface area (Å²) < 4.78 is 32.9. The lowest BCUT2D eigenvalue weighted by Crippen LogP contribution is -2.41. The first-order valence-corrected chi connectivity index (χ1v) is 11.4. The van der Waals surface area contributed by atoms with Crippen molar-refractivity contribution in [3.05, 3.63) is 64.7 Å². The molecule has 0 aromatic heterocycles. The third-order valence-electron chi connectivity index (χ3n) is 5.08. The third kappa shape index (κ3) is 5.23. The van der Waals surface area contributed by atoms with Crippen molar-refractivity contribution in [2.45, 2.75) is 31.6 Å². The molecule has 0 spiro atoms. The molecule has 1 fully saturated rings. The van der Waals surface area contributed by atoms with Crippen LogP contribution in [0.4, 0.5) is 0 Å². The standard InChI is InChI=1S/C22H28N2O4S/c1-3-19-7-8-20(16-21(19)29(26,27)24-11-13-28-14-12-24)22(25)23-10-9-18-6-4-5-17(2)15-18/h4-8,15-16H,3,9-14H2,1-2H3,(H,23,25). The minimum absolute atomic E-state index is 0.216. The van der Waals surface area contributed by atoms with Gasteiger partial charge in [-0.2, -0.15) is 4.31 Å². The van der Waals surface area contributed by atoms with Crippen LogP contribution in [0.5, 0.6) is 0 Å². The summed E-state index contributed by atoms with van der Waals surface area (Å²) in [6, 6.07) is 13.1. The Labute approximate surface area is 172 Å². The number of ether oxygens (including phenoxy) is 1. The van der Waals surface area contributed by atoms with Crippen LogP contribution in [-0.2, 0) is 27.6 Å². The lowest BCUT2D eigenvalue weighted by molar-refractivity contribution is 0.0730. The van der Waals surface area contributed by atoms with Gasteiger partial charge in [-0.1, -0.05) is 42.8 Å². The van der Waals surface area contributed by atoms with Crippen molar-refractivity contribution < 1.29 is 17.9 Å². The number of sulfonamides is 1. The quantitative estimate of drug-likeness (QED) is 0.753. The molecule has 1 saturated heterocycles. The molecule has 0 radical (unpaired) electrons. The molecule has 1 heterocycles. The minimum Gasteiger partial charge on any atom is -0.379 e. The van der Waals surface area contributed by atoms with Crippen LogP contribution in [0.3, 0.4) is 0 Å². The summed E-state index contributed by atoms with van der Waals surface area (Å²) in [5.74, 6) is -0.265. The molecule has 0 unspecified atom stereocenters. The summed E-state index contributed by atoms with van der Waals surface area (Å²) in [7, 11) is -3.66. The van der Waals surface area contributed by atoms with Crippen LogP contribution in [0.15, 0.2) is 47.4 Å². The summed E-state index contributed by atoms with van der Waals surface area (Å²) in [6.45, 7) is 5.88. The highest BCUT2D eigenvalue weighted by atomic mass is 32.2. The maximum atomic E-state index is 13.1. The Morgan fingerprint density at radius 2 is 1.90 bits per heavy atom. The molecule has 7 heteroatoms. The molecule has 156 valence electrons. The van der Waals surface area contributed by atoms with Crippen LogP contribution in [-0.4, -0.2) is 51.5 Å². The fraction of sp³-hybridized carbons (Fsp3) is 0.409. The highest BCUT2D eigenvalue weighted by molar-refractivity contribution is 7.89. The van der Waals surface area contributed by atoms with Crippen LogP contribution >= 0.6 is 0 Å². The summed E-state index contributed by atoms with van der Waals surface area (Å²) in [6.07, 6.45) is 1.30. The highest BCUT2D eigenvalue weighted by Crippen LogP contribution is 2.23. The van der Waals surface area contributed by atoms with E-state index in [1.54, 1.807) is 12.1 Å². The summed E-state index contributed by atoms with van der Waals surface area (Å²) in [5.41, 5.74) is 3.41. The Morgan fingerprint density at radius 3 is 2.59 bits per heavy atom. The predicted molar refractivity (Wildman–Crippen MR) is 113 cm³/mol. The van der Waals surface area contributed by atoms with Gasteiger partial charge in [-0.05, 0) is 43.0 Å². The van der Waals surface area contributed by atoms with E-state index in [0.29, 0.717) is 50.4 Å². The van der Waals surface area contributed by atoms with Crippen molar-refractivity contribution >= 4 is 15.9 Å². The lowest BCUT2D eigenvalue weighted by atomic mass is 10.1. The fourth-order valence-electron chi connectivity index (χ4n) is 3.44. The van der Waals surface area contributed by atoms with E-state index in [1.165, 1.54) is 15.9 Å². The zero-order valence-corrected chi connectivity index (χ0v) is 17.8. The van der Waals surface area contributed by atoms with E-state index < -0.39 is 10.0 Å². The monoisotopic (exact) mass is 416 g/mol. The molecule has 1 aliphatic rings. The van der Waals surface area contributed by atoms with Gasteiger partial charge in [-0.15, -0.1) is 0 Å². The van der Waals surface area contributed by atoms with Crippen LogP contribution < -0.4 is 5.32 Å². The van der Waals surface area contributed by atoms with Gasteiger partial charge in [0.2, 0.25) is 10.0 Å². The lowest BCUT2D eigenvalue weighted by Gasteiger charge is -2.27. The highest BCUT2D eigenvalue weighted by Gasteiger charge is 2.29. The normalized spacial score (nSPS) is 15.2. The Hall–Kier alpha value is -2.22. The molecule has 0 bridgehead atoms. The van der Waals surface area contributed by atoms with Gasteiger partial charge in [0.25, 0.3) is 5.91 Å². The molecule has 29 heavy (non-hydrogen) atoms. The Bertz CT molecular complexity index is 967. The van der Waals surface area contributed by atoms with E-state index in [0.717, 1.165) is 12.0 Å². The van der Waals surface area contributed by atoms with Gasteiger partial charge < -0.3 is 10.1 Å². The Morgan fingerprint density at radius 1 is 1.14 bits per heavy atom. The van der Waals surface area contributed by atoms with E-state index in [4.69, 9.17) is 4.74 Å². The number of nitrogens with zero attached hydrogens (tertiary/aromatic N) is 1. The largest absolute Gasteiger partial charge is 0.379 e. The maximum absolute atomic E-state index is 13.1. The third-order valence-corrected chi connectivity index (χ3v) is 7.06. The Kier molecular flexibility index (Phi) is 7.05. The molecule has 1 aliphatic heterocycles. The molecule has 1 amide bonds. The molecule has 6 nitrogen and oxygen atoms in total. The van der Waals surface area contributed by atoms with E-state index >= 15 is 0 Å². The first kappa shape index (κ1) is 21.5. The summed E-state index contributed by atoms with van der Waals surface area (Å²) in [4.78, 5) is 12.8. The van der Waals surface area contributed by atoms with E-state index in [-0.39, 0.29) is 10.8 Å². The average Bonchev–Trinajstić information content (AvgIpc) is 2.74. The van der Waals surface area contributed by atoms with Gasteiger partial charge in [-0.25, -0.2) is 8.42 Å². The zero-order chi connectivity index (χ0) is 20.9. The van der Waals surface area contributed by atoms with Crippen molar-refractivity contribution in [3.63, 3.8) is 0 Å². The minimum atomic E-state index is -3.66. The van der Waals surface area contributed by atoms with Crippen molar-refractivity contribution in [2.24, 2.45) is 0 Å². The van der Waals surface area contributed by atoms with Gasteiger partial charge in [0.1, 0.15) is 0 Å². The van der Waals surface area contributed by atoms with Gasteiger partial charge in [-0.3, -0.25) is 4.79 Å². The van der Waals surface area contributed by atoms with Gasteiger partial charge in [0, 0.05) is 25.2 Å². The molecular formula is C22H28N2O4S. The zero-order valence-electron chi connectivity index (χ0n) is 17.0. The van der Waals surface area contributed by atoms with Crippen molar-refractivity contribution in [1.82, 2.24) is 9.62 Å². The molecule has 3 rings (SSSR count). The number of rotatable bonds is 7. The number of hydrogen-bond donors (Lipinski definition) is 1. The first-order chi connectivity index (χ1) is 13.9. The van der Waals surface area contributed by atoms with E-state index in [9.17, 15) is 13.2 Å². The number of nitrogens with one attached hydrogen (secondary N) is 1. The second kappa shape index (κ2) is 9.52. The molecule has 0 saturated carbocycles. The first-order valence-electron chi connectivity index (χ1n) is 9.96. The number of hydrogen-bond acceptors (Lipinski definition) is 4. The summed E-state index contributed by atoms with van der Waals surface area (Å²) in [5, 5.41) is 2.90. The van der Waals surface area contributed by atoms with Gasteiger partial charge >= 0.3 is 0 Å². The molecule has 0 aliphatic carbocycles. The summed E-state index contributed by atoms with van der Waals surface area (Å²) >= 11 is 0. The molecule has 2 aromatic carbocycles. The van der Waals surface area contributed by atoms with Crippen LogP contribution in [0.25, 0.3) is 0 Å². The molecule has 2 aromatic rings. The smallest absolute Gasteiger partial charge is 0.251 e. The van der Waals surface area contributed by atoms with Crippen molar-refractivity contribution in [3.8, 4) is 0 Å². The van der Waals surface area contributed by atoms with Crippen LogP contribution in [0.2, 0.25) is 0 Å². The number of amides is 1. The van der Waals surface area contributed by atoms with Crippen LogP contribution in [0.1, 0.15) is 34.0 Å². The second-order valence-corrected chi connectivity index (χ2v) is 9.09. The van der Waals surface area contributed by atoms with Crippen molar-refractivity contribution in [1.29, 1.82) is 0 Å². The van der Waals surface area contributed by atoms with Gasteiger partial charge in [0.15, 0.2) is 0 Å². The number of aryl methyl sites for hydroxylation is 2. The maximum Gasteiger partial charge on any atom is 0.251 e. The Balaban J connectivity index is 1.74. The van der Waals surface area contributed by atoms with Crippen LogP contribution in [0, 0.1) is 6.92 Å². The van der Waals surface area contributed by atoms with E-state index in [2.05, 4.69) is 11.4 Å². The average molecular weight is 417 g/mol.